The van der Waals surface area contributed by atoms with E-state index < -0.39 is 12.1 Å². The van der Waals surface area contributed by atoms with Crippen molar-refractivity contribution in [2.45, 2.75) is 6.18 Å². The molecule has 0 radical (unpaired) electrons. The molecule has 1 aliphatic heterocycles. The second kappa shape index (κ2) is 4.73. The number of hydrogen-bond donors (Lipinski definition) is 1. The quantitative estimate of drug-likeness (QED) is 0.648. The van der Waals surface area contributed by atoms with Crippen molar-refractivity contribution in [2.75, 3.05) is 20.8 Å². The maximum absolute atomic E-state index is 10.6. The van der Waals surface area contributed by atoms with Crippen LogP contribution in [-0.4, -0.2) is 47.8 Å². The Hall–Kier alpha value is -1.40. The number of carboxylic acid groups (broad SMARTS) is 1. The first-order valence-electron chi connectivity index (χ1n) is 3.62. The van der Waals surface area contributed by atoms with Gasteiger partial charge in [0.05, 0.1) is 6.67 Å². The predicted molar refractivity (Wildman–Crippen MR) is 43.2 cm³/mol. The highest BCUT2D eigenvalue weighted by Gasteiger charge is 2.38. The molecule has 0 fully saturated rings. The van der Waals surface area contributed by atoms with E-state index in [1.807, 2.05) is 0 Å². The van der Waals surface area contributed by atoms with Gasteiger partial charge < -0.3 is 14.9 Å². The summed E-state index contributed by atoms with van der Waals surface area (Å²) in [4.78, 5) is 13.1. The van der Waals surface area contributed by atoms with Crippen LogP contribution in [-0.2, 0) is 4.79 Å². The Morgan fingerprint density at radius 2 is 1.57 bits per heavy atom. The topological polar surface area (TPSA) is 43.8 Å². The van der Waals surface area contributed by atoms with Crippen LogP contribution in [0.2, 0.25) is 0 Å². The monoisotopic (exact) mass is 212 g/mol. The fraction of sp³-hybridized carbons (Fsp3) is 0.571. The van der Waals surface area contributed by atoms with E-state index in [0.717, 1.165) is 6.67 Å². The van der Waals surface area contributed by atoms with Crippen LogP contribution in [0.4, 0.5) is 13.2 Å². The molecule has 0 bridgehead atoms. The standard InChI is InChI=1S/C5H10N2.C2HF3O2/c1-6-3-4-7(2)5-6;3-2(4,5)1(6)7/h3-4H,5H2,1-2H3;(H,6,7). The summed E-state index contributed by atoms with van der Waals surface area (Å²) in [5.41, 5.74) is 0. The van der Waals surface area contributed by atoms with Gasteiger partial charge in [-0.3, -0.25) is 0 Å². The third-order valence-electron chi connectivity index (χ3n) is 1.26. The third-order valence-corrected chi connectivity index (χ3v) is 1.26. The van der Waals surface area contributed by atoms with Crippen LogP contribution < -0.4 is 0 Å². The Morgan fingerprint density at radius 3 is 1.64 bits per heavy atom. The Balaban J connectivity index is 0.000000241. The van der Waals surface area contributed by atoms with Gasteiger partial charge in [-0.1, -0.05) is 0 Å². The van der Waals surface area contributed by atoms with Crippen LogP contribution >= 0.6 is 0 Å². The van der Waals surface area contributed by atoms with Crippen molar-refractivity contribution >= 4 is 5.97 Å². The summed E-state index contributed by atoms with van der Waals surface area (Å²) < 4.78 is 31.7. The van der Waals surface area contributed by atoms with E-state index in [0.29, 0.717) is 0 Å². The van der Waals surface area contributed by atoms with Crippen LogP contribution in [0.25, 0.3) is 0 Å². The van der Waals surface area contributed by atoms with Crippen molar-refractivity contribution in [1.29, 1.82) is 0 Å². The van der Waals surface area contributed by atoms with Gasteiger partial charge in [0.1, 0.15) is 0 Å². The smallest absolute Gasteiger partial charge is 0.475 e. The fourth-order valence-corrected chi connectivity index (χ4v) is 0.674. The van der Waals surface area contributed by atoms with Crippen molar-refractivity contribution in [2.24, 2.45) is 0 Å². The summed E-state index contributed by atoms with van der Waals surface area (Å²) in [5, 5.41) is 7.12. The van der Waals surface area contributed by atoms with E-state index in [9.17, 15) is 13.2 Å². The molecule has 0 saturated carbocycles. The summed E-state index contributed by atoms with van der Waals surface area (Å²) >= 11 is 0. The molecule has 0 saturated heterocycles. The van der Waals surface area contributed by atoms with Gasteiger partial charge in [0.15, 0.2) is 0 Å². The molecular weight excluding hydrogens is 201 g/mol. The minimum atomic E-state index is -5.08. The van der Waals surface area contributed by atoms with Crippen molar-refractivity contribution < 1.29 is 23.1 Å². The molecule has 1 N–H and O–H groups in total. The maximum Gasteiger partial charge on any atom is 0.490 e. The zero-order valence-electron chi connectivity index (χ0n) is 7.75. The molecule has 0 unspecified atom stereocenters. The molecule has 82 valence electrons. The first kappa shape index (κ1) is 12.6. The van der Waals surface area contributed by atoms with E-state index in [1.54, 1.807) is 0 Å². The van der Waals surface area contributed by atoms with Crippen molar-refractivity contribution in [3.05, 3.63) is 12.4 Å². The highest BCUT2D eigenvalue weighted by molar-refractivity contribution is 5.73. The number of halogens is 3. The zero-order chi connectivity index (χ0) is 11.4. The number of aliphatic carboxylic acids is 1. The lowest BCUT2D eigenvalue weighted by atomic mass is 10.7. The molecule has 1 heterocycles. The normalized spacial score (nSPS) is 15.2. The number of hydrogen-bond acceptors (Lipinski definition) is 3. The third kappa shape index (κ3) is 5.28. The van der Waals surface area contributed by atoms with Crippen LogP contribution in [0.3, 0.4) is 0 Å². The molecule has 0 atom stereocenters. The molecule has 4 nitrogen and oxygen atoms in total. The Kier molecular flexibility index (Phi) is 4.26. The lowest BCUT2D eigenvalue weighted by Crippen LogP contribution is -2.21. The number of alkyl halides is 3. The Labute approximate surface area is 79.2 Å². The molecule has 0 spiro atoms. The first-order valence-corrected chi connectivity index (χ1v) is 3.62. The molecule has 14 heavy (non-hydrogen) atoms. The molecule has 0 aromatic rings. The lowest BCUT2D eigenvalue weighted by molar-refractivity contribution is -0.192. The minimum Gasteiger partial charge on any atom is -0.475 e. The van der Waals surface area contributed by atoms with Gasteiger partial charge in [0.25, 0.3) is 0 Å². The molecule has 1 aliphatic rings. The van der Waals surface area contributed by atoms with Crippen molar-refractivity contribution in [3.8, 4) is 0 Å². The molecule has 0 aromatic carbocycles. The van der Waals surface area contributed by atoms with Gasteiger partial charge in [0, 0.05) is 26.5 Å². The van der Waals surface area contributed by atoms with E-state index in [-0.39, 0.29) is 0 Å². The number of carboxylic acids is 1. The highest BCUT2D eigenvalue weighted by atomic mass is 19.4. The van der Waals surface area contributed by atoms with Crippen molar-refractivity contribution in [3.63, 3.8) is 0 Å². The van der Waals surface area contributed by atoms with Gasteiger partial charge >= 0.3 is 12.1 Å². The van der Waals surface area contributed by atoms with E-state index in [2.05, 4.69) is 36.3 Å². The Bertz CT molecular complexity index is 217. The number of carbonyl (C=O) groups is 1. The molecule has 0 aromatic heterocycles. The summed E-state index contributed by atoms with van der Waals surface area (Å²) in [6, 6.07) is 0. The van der Waals surface area contributed by atoms with E-state index in [4.69, 9.17) is 9.90 Å². The molecule has 0 amide bonds. The van der Waals surface area contributed by atoms with E-state index in [1.165, 1.54) is 0 Å². The van der Waals surface area contributed by atoms with Gasteiger partial charge in [-0.2, -0.15) is 13.2 Å². The van der Waals surface area contributed by atoms with Crippen LogP contribution in [0.5, 0.6) is 0 Å². The molecule has 1 rings (SSSR count). The fourth-order valence-electron chi connectivity index (χ4n) is 0.674. The predicted octanol–water partition coefficient (Wildman–Crippen LogP) is 0.926. The second-order valence-electron chi connectivity index (χ2n) is 2.76. The maximum atomic E-state index is 10.6. The van der Waals surface area contributed by atoms with Crippen LogP contribution in [0.15, 0.2) is 12.4 Å². The van der Waals surface area contributed by atoms with Gasteiger partial charge in [-0.05, 0) is 0 Å². The zero-order valence-corrected chi connectivity index (χ0v) is 7.75. The van der Waals surface area contributed by atoms with Gasteiger partial charge in [0.2, 0.25) is 0 Å². The summed E-state index contributed by atoms with van der Waals surface area (Å²) in [6.45, 7) is 1.03. The molecule has 0 aliphatic carbocycles. The van der Waals surface area contributed by atoms with Crippen LogP contribution in [0, 0.1) is 0 Å². The second-order valence-corrected chi connectivity index (χ2v) is 2.76. The lowest BCUT2D eigenvalue weighted by Gasteiger charge is -2.10. The first-order chi connectivity index (χ1) is 6.23. The van der Waals surface area contributed by atoms with Gasteiger partial charge in [-0.25, -0.2) is 4.79 Å². The van der Waals surface area contributed by atoms with Gasteiger partial charge in [-0.15, -0.1) is 0 Å². The summed E-state index contributed by atoms with van der Waals surface area (Å²) in [7, 11) is 4.11. The summed E-state index contributed by atoms with van der Waals surface area (Å²) in [6.07, 6.45) is -0.972. The highest BCUT2D eigenvalue weighted by Crippen LogP contribution is 2.13. The number of nitrogens with zero attached hydrogens (tertiary/aromatic N) is 2. The SMILES string of the molecule is CN1C=CN(C)C1.O=C(O)C(F)(F)F. The van der Waals surface area contributed by atoms with Crippen molar-refractivity contribution in [1.82, 2.24) is 9.80 Å². The molecular formula is C7H11F3N2O2. The molecule has 7 heteroatoms. The summed E-state index contributed by atoms with van der Waals surface area (Å²) in [5.74, 6) is -2.76. The minimum absolute atomic E-state index is 1.03. The largest absolute Gasteiger partial charge is 0.490 e. The Morgan fingerprint density at radius 1 is 1.29 bits per heavy atom. The van der Waals surface area contributed by atoms with Crippen LogP contribution in [0.1, 0.15) is 0 Å². The average molecular weight is 212 g/mol. The van der Waals surface area contributed by atoms with E-state index >= 15 is 0 Å². The average Bonchev–Trinajstić information content (AvgIpc) is 2.33. The number of rotatable bonds is 0.